The Morgan fingerprint density at radius 2 is 1.93 bits per heavy atom. The van der Waals surface area contributed by atoms with Gasteiger partial charge in [0.25, 0.3) is 0 Å². The molecule has 2 heteroatoms. The largest absolute Gasteiger partial charge is 0.413 e. The number of hydrogen-bond donors (Lipinski definition) is 0. The van der Waals surface area contributed by atoms with Crippen LogP contribution in [-0.4, -0.2) is 14.9 Å². The summed E-state index contributed by atoms with van der Waals surface area (Å²) in [5.41, 5.74) is 3.43. The summed E-state index contributed by atoms with van der Waals surface area (Å²) < 4.78 is 5.95. The van der Waals surface area contributed by atoms with E-state index < -0.39 is 8.32 Å². The molecule has 0 aliphatic rings. The summed E-state index contributed by atoms with van der Waals surface area (Å²) in [5, 5.41) is 0. The van der Waals surface area contributed by atoms with Crippen molar-refractivity contribution in [2.75, 3.05) is 6.61 Å². The normalized spacial score (nSPS) is 14.5. The number of rotatable bonds is 6. The second-order valence-electron chi connectivity index (χ2n) is 3.72. The van der Waals surface area contributed by atoms with Crippen molar-refractivity contribution in [1.82, 2.24) is 0 Å². The predicted octanol–water partition coefficient (Wildman–Crippen LogP) is 3.50. The summed E-state index contributed by atoms with van der Waals surface area (Å²) in [6.07, 6.45) is 0. The van der Waals surface area contributed by atoms with E-state index in [0.717, 1.165) is 18.7 Å². The molecule has 0 bridgehead atoms. The monoisotopic (exact) mass is 220 g/mol. The molecule has 0 saturated heterocycles. The van der Waals surface area contributed by atoms with Crippen LogP contribution in [0.3, 0.4) is 0 Å². The van der Waals surface area contributed by atoms with Crippen LogP contribution in [0, 0.1) is 0 Å². The molecule has 0 aliphatic heterocycles. The lowest BCUT2D eigenvalue weighted by atomic mass is 10.2. The Morgan fingerprint density at radius 3 is 2.40 bits per heavy atom. The molecule has 1 unspecified atom stereocenters. The maximum absolute atomic E-state index is 5.95. The van der Waals surface area contributed by atoms with Crippen LogP contribution in [0.4, 0.5) is 0 Å². The maximum atomic E-state index is 5.95. The Bertz CT molecular complexity index is 297. The van der Waals surface area contributed by atoms with Crippen LogP contribution in [-0.2, 0) is 10.5 Å². The van der Waals surface area contributed by atoms with Gasteiger partial charge < -0.3 is 4.43 Å². The van der Waals surface area contributed by atoms with Crippen LogP contribution in [0.1, 0.15) is 19.4 Å². The highest BCUT2D eigenvalue weighted by atomic mass is 28.4. The van der Waals surface area contributed by atoms with Gasteiger partial charge in [-0.05, 0) is 24.6 Å². The highest BCUT2D eigenvalue weighted by Crippen LogP contribution is 2.18. The summed E-state index contributed by atoms with van der Waals surface area (Å²) in [6, 6.07) is 12.7. The molecule has 1 rings (SSSR count). The van der Waals surface area contributed by atoms with E-state index in [2.05, 4.69) is 50.4 Å². The van der Waals surface area contributed by atoms with Gasteiger partial charge >= 0.3 is 0 Å². The molecule has 0 radical (unpaired) electrons. The Kier molecular flexibility index (Phi) is 4.79. The SMILES string of the molecule is C=C[Si](CC)(Cc1ccccc1)OCC. The molecule has 1 atom stereocenters. The average Bonchev–Trinajstić information content (AvgIpc) is 2.30. The lowest BCUT2D eigenvalue weighted by Gasteiger charge is -2.26. The van der Waals surface area contributed by atoms with Gasteiger partial charge in [-0.15, -0.1) is 6.58 Å². The molecule has 0 saturated carbocycles. The van der Waals surface area contributed by atoms with E-state index in [1.807, 2.05) is 6.07 Å². The summed E-state index contributed by atoms with van der Waals surface area (Å²) in [7, 11) is -1.72. The first-order valence-electron chi connectivity index (χ1n) is 5.58. The van der Waals surface area contributed by atoms with Crippen LogP contribution >= 0.6 is 0 Å². The van der Waals surface area contributed by atoms with Crippen LogP contribution in [0.2, 0.25) is 6.04 Å². The lowest BCUT2D eigenvalue weighted by molar-refractivity contribution is 0.328. The van der Waals surface area contributed by atoms with Crippen LogP contribution in [0.15, 0.2) is 42.6 Å². The van der Waals surface area contributed by atoms with Gasteiger partial charge in [0, 0.05) is 6.61 Å². The molecule has 1 aromatic rings. The zero-order chi connectivity index (χ0) is 11.1. The summed E-state index contributed by atoms with van der Waals surface area (Å²) >= 11 is 0. The first-order chi connectivity index (χ1) is 7.26. The first kappa shape index (κ1) is 12.2. The highest BCUT2D eigenvalue weighted by Gasteiger charge is 2.29. The zero-order valence-corrected chi connectivity index (χ0v) is 10.7. The van der Waals surface area contributed by atoms with E-state index in [0.29, 0.717) is 0 Å². The van der Waals surface area contributed by atoms with Crippen LogP contribution < -0.4 is 0 Å². The molecule has 0 amide bonds. The Hall–Kier alpha value is -0.863. The van der Waals surface area contributed by atoms with E-state index in [1.54, 1.807) is 0 Å². The lowest BCUT2D eigenvalue weighted by Crippen LogP contribution is -2.38. The van der Waals surface area contributed by atoms with Gasteiger partial charge in [0.2, 0.25) is 8.32 Å². The predicted molar refractivity (Wildman–Crippen MR) is 68.2 cm³/mol. The number of hydrogen-bond acceptors (Lipinski definition) is 1. The minimum absolute atomic E-state index is 0.791. The fourth-order valence-corrected chi connectivity index (χ4v) is 4.39. The molecular formula is C13H20OSi. The summed E-state index contributed by atoms with van der Waals surface area (Å²) in [6.45, 7) is 9.01. The fourth-order valence-electron chi connectivity index (χ4n) is 1.78. The molecule has 1 aromatic carbocycles. The molecule has 82 valence electrons. The third kappa shape index (κ3) is 3.32. The molecule has 0 spiro atoms. The molecular weight excluding hydrogens is 200 g/mol. The molecule has 0 fully saturated rings. The average molecular weight is 220 g/mol. The van der Waals surface area contributed by atoms with Gasteiger partial charge in [-0.3, -0.25) is 0 Å². The third-order valence-corrected chi connectivity index (χ3v) is 6.56. The maximum Gasteiger partial charge on any atom is 0.220 e. The summed E-state index contributed by atoms with van der Waals surface area (Å²) in [4.78, 5) is 0. The number of benzene rings is 1. The molecule has 0 heterocycles. The van der Waals surface area contributed by atoms with Gasteiger partial charge in [-0.2, -0.15) is 0 Å². The van der Waals surface area contributed by atoms with Crippen molar-refractivity contribution in [3.05, 3.63) is 48.2 Å². The molecule has 15 heavy (non-hydrogen) atoms. The molecule has 1 nitrogen and oxygen atoms in total. The zero-order valence-electron chi connectivity index (χ0n) is 9.70. The topological polar surface area (TPSA) is 9.23 Å². The Balaban J connectivity index is 2.78. The van der Waals surface area contributed by atoms with E-state index in [9.17, 15) is 0 Å². The van der Waals surface area contributed by atoms with Crippen molar-refractivity contribution in [2.45, 2.75) is 25.9 Å². The minimum atomic E-state index is -1.72. The minimum Gasteiger partial charge on any atom is -0.413 e. The van der Waals surface area contributed by atoms with Gasteiger partial charge in [-0.25, -0.2) is 0 Å². The summed E-state index contributed by atoms with van der Waals surface area (Å²) in [5.74, 6) is 0. The van der Waals surface area contributed by atoms with Gasteiger partial charge in [0.15, 0.2) is 0 Å². The van der Waals surface area contributed by atoms with Crippen molar-refractivity contribution in [1.29, 1.82) is 0 Å². The van der Waals surface area contributed by atoms with Gasteiger partial charge in [0.1, 0.15) is 0 Å². The Morgan fingerprint density at radius 1 is 1.27 bits per heavy atom. The van der Waals surface area contributed by atoms with Gasteiger partial charge in [-0.1, -0.05) is 43.0 Å². The second-order valence-corrected chi connectivity index (χ2v) is 7.60. The van der Waals surface area contributed by atoms with E-state index in [1.165, 1.54) is 5.56 Å². The first-order valence-corrected chi connectivity index (χ1v) is 7.98. The third-order valence-electron chi connectivity index (χ3n) is 2.75. The van der Waals surface area contributed by atoms with Crippen molar-refractivity contribution in [3.63, 3.8) is 0 Å². The van der Waals surface area contributed by atoms with Crippen molar-refractivity contribution in [3.8, 4) is 0 Å². The van der Waals surface area contributed by atoms with Crippen molar-refractivity contribution in [2.24, 2.45) is 0 Å². The quantitative estimate of drug-likeness (QED) is 0.667. The van der Waals surface area contributed by atoms with Crippen LogP contribution in [0.25, 0.3) is 0 Å². The molecule has 0 N–H and O–H groups in total. The van der Waals surface area contributed by atoms with Crippen LogP contribution in [0.5, 0.6) is 0 Å². The Labute approximate surface area is 93.9 Å². The fraction of sp³-hybridized carbons (Fsp3) is 0.385. The van der Waals surface area contributed by atoms with Crippen molar-refractivity contribution < 1.29 is 4.43 Å². The standard InChI is InChI=1S/C13H20OSi/c1-4-14-15(5-2,6-3)12-13-10-8-7-9-11-13/h5,7-11H,2,4,6,12H2,1,3H3. The van der Waals surface area contributed by atoms with Gasteiger partial charge in [0.05, 0.1) is 0 Å². The van der Waals surface area contributed by atoms with E-state index >= 15 is 0 Å². The van der Waals surface area contributed by atoms with Crippen molar-refractivity contribution >= 4 is 8.32 Å². The van der Waals surface area contributed by atoms with E-state index in [-0.39, 0.29) is 0 Å². The van der Waals surface area contributed by atoms with E-state index in [4.69, 9.17) is 4.43 Å². The smallest absolute Gasteiger partial charge is 0.220 e. The highest BCUT2D eigenvalue weighted by molar-refractivity contribution is 6.78. The molecule has 0 aromatic heterocycles. The molecule has 0 aliphatic carbocycles. The second kappa shape index (κ2) is 5.88.